The molecule has 0 radical (unpaired) electrons. The van der Waals surface area contributed by atoms with Crippen LogP contribution in [0.15, 0.2) is 107 Å². The van der Waals surface area contributed by atoms with Crippen LogP contribution >= 0.6 is 0 Å². The van der Waals surface area contributed by atoms with Gasteiger partial charge in [-0.25, -0.2) is 4.79 Å². The molecule has 2 heterocycles. The van der Waals surface area contributed by atoms with E-state index in [0.29, 0.717) is 12.4 Å². The number of aliphatic hydroxyl groups is 1. The Bertz CT molecular complexity index is 1500. The normalized spacial score (nSPS) is 20.5. The van der Waals surface area contributed by atoms with Crippen molar-refractivity contribution in [1.82, 2.24) is 14.9 Å². The Morgan fingerprint density at radius 2 is 1.50 bits per heavy atom. The molecule has 42 heavy (non-hydrogen) atoms. The third-order valence-corrected chi connectivity index (χ3v) is 7.57. The number of H-pyrrole nitrogens is 1. The van der Waals surface area contributed by atoms with Crippen molar-refractivity contribution in [3.05, 3.63) is 135 Å². The fourth-order valence-corrected chi connectivity index (χ4v) is 5.58. The van der Waals surface area contributed by atoms with E-state index in [1.54, 1.807) is 14.2 Å². The summed E-state index contributed by atoms with van der Waals surface area (Å²) in [4.78, 5) is 27.0. The molecule has 0 aliphatic carbocycles. The number of ether oxygens (including phenoxy) is 4. The first-order valence-electron chi connectivity index (χ1n) is 13.7. The van der Waals surface area contributed by atoms with Gasteiger partial charge in [0.15, 0.2) is 6.23 Å². The zero-order valence-corrected chi connectivity index (χ0v) is 23.5. The van der Waals surface area contributed by atoms with Gasteiger partial charge in [0, 0.05) is 19.4 Å². The molecule has 1 aliphatic rings. The van der Waals surface area contributed by atoms with E-state index in [9.17, 15) is 14.7 Å². The Morgan fingerprint density at radius 3 is 2.05 bits per heavy atom. The van der Waals surface area contributed by atoms with E-state index in [-0.39, 0.29) is 13.2 Å². The van der Waals surface area contributed by atoms with Crippen LogP contribution in [0.1, 0.15) is 22.9 Å². The van der Waals surface area contributed by atoms with E-state index >= 15 is 0 Å². The molecule has 1 aromatic heterocycles. The van der Waals surface area contributed by atoms with Gasteiger partial charge in [-0.3, -0.25) is 19.7 Å². The van der Waals surface area contributed by atoms with Gasteiger partial charge in [0.05, 0.1) is 38.5 Å². The number of aliphatic hydroxyl groups excluding tert-OH is 1. The number of rotatable bonds is 12. The van der Waals surface area contributed by atoms with Gasteiger partial charge in [0.1, 0.15) is 18.0 Å². The van der Waals surface area contributed by atoms with E-state index in [0.717, 1.165) is 16.7 Å². The molecule has 0 saturated carbocycles. The van der Waals surface area contributed by atoms with E-state index in [1.807, 2.05) is 84.9 Å². The minimum absolute atomic E-state index is 0.210. The van der Waals surface area contributed by atoms with E-state index < -0.39 is 41.3 Å². The fraction of sp³-hybridized carbons (Fsp3) is 0.312. The zero-order valence-electron chi connectivity index (χ0n) is 23.5. The average Bonchev–Trinajstić information content (AvgIpc) is 3.37. The molecule has 0 spiro atoms. The summed E-state index contributed by atoms with van der Waals surface area (Å²) in [5, 5.41) is 14.4. The van der Waals surface area contributed by atoms with Crippen LogP contribution in [0.3, 0.4) is 0 Å². The molecule has 3 aromatic carbocycles. The summed E-state index contributed by atoms with van der Waals surface area (Å²) in [6, 6.07) is 28.4. The van der Waals surface area contributed by atoms with Crippen LogP contribution in [0.5, 0.6) is 5.75 Å². The Labute approximate surface area is 243 Å². The molecule has 1 saturated heterocycles. The molecule has 10 nitrogen and oxygen atoms in total. The highest BCUT2D eigenvalue weighted by Gasteiger charge is 2.51. The lowest BCUT2D eigenvalue weighted by atomic mass is 9.76. The van der Waals surface area contributed by atoms with Crippen molar-refractivity contribution in [3.63, 3.8) is 0 Å². The van der Waals surface area contributed by atoms with Gasteiger partial charge in [0.25, 0.3) is 5.56 Å². The first-order valence-corrected chi connectivity index (χ1v) is 13.7. The van der Waals surface area contributed by atoms with Crippen molar-refractivity contribution in [2.75, 3.05) is 34.0 Å². The number of benzene rings is 3. The molecule has 10 heteroatoms. The number of hydrogen-bond donors (Lipinski definition) is 3. The predicted molar refractivity (Wildman–Crippen MR) is 157 cm³/mol. The summed E-state index contributed by atoms with van der Waals surface area (Å²) in [5.41, 5.74) is 0.697. The largest absolute Gasteiger partial charge is 0.497 e. The highest BCUT2D eigenvalue weighted by molar-refractivity contribution is 5.51. The van der Waals surface area contributed by atoms with Gasteiger partial charge >= 0.3 is 5.69 Å². The summed E-state index contributed by atoms with van der Waals surface area (Å²) in [5.74, 6) is 0.712. The maximum absolute atomic E-state index is 12.9. The minimum Gasteiger partial charge on any atom is -0.497 e. The highest BCUT2D eigenvalue weighted by Crippen LogP contribution is 2.41. The van der Waals surface area contributed by atoms with Crippen molar-refractivity contribution in [1.29, 1.82) is 0 Å². The first kappa shape index (κ1) is 29.4. The number of aromatic nitrogens is 2. The van der Waals surface area contributed by atoms with Crippen LogP contribution in [0.25, 0.3) is 0 Å². The summed E-state index contributed by atoms with van der Waals surface area (Å²) in [6.45, 7) is 0.168. The van der Waals surface area contributed by atoms with Crippen LogP contribution in [-0.4, -0.2) is 66.9 Å². The lowest BCUT2D eigenvalue weighted by Gasteiger charge is -2.41. The van der Waals surface area contributed by atoms with Crippen LogP contribution in [0.2, 0.25) is 0 Å². The van der Waals surface area contributed by atoms with Gasteiger partial charge in [0.2, 0.25) is 0 Å². The number of nitrogens with one attached hydrogen (secondary N) is 2. The highest BCUT2D eigenvalue weighted by atomic mass is 16.6. The van der Waals surface area contributed by atoms with Crippen LogP contribution in [0, 0.1) is 0 Å². The third-order valence-electron chi connectivity index (χ3n) is 7.57. The van der Waals surface area contributed by atoms with Crippen LogP contribution < -0.4 is 21.3 Å². The topological polar surface area (TPSA) is 124 Å². The molecule has 0 unspecified atom stereocenters. The van der Waals surface area contributed by atoms with Gasteiger partial charge < -0.3 is 24.1 Å². The summed E-state index contributed by atoms with van der Waals surface area (Å²) in [6.07, 6.45) is -1.10. The van der Waals surface area contributed by atoms with Crippen LogP contribution in [0.4, 0.5) is 0 Å². The minimum atomic E-state index is -0.944. The Hall–Kier alpha value is -4.06. The van der Waals surface area contributed by atoms with Crippen molar-refractivity contribution >= 4 is 0 Å². The number of nitrogens with zero attached hydrogens (tertiary/aromatic N) is 1. The lowest BCUT2D eigenvalue weighted by molar-refractivity contribution is -0.0791. The van der Waals surface area contributed by atoms with Crippen molar-refractivity contribution in [2.45, 2.75) is 30.0 Å². The molecule has 5 rings (SSSR count). The molecule has 4 aromatic rings. The molecule has 0 amide bonds. The monoisotopic (exact) mass is 573 g/mol. The Morgan fingerprint density at radius 1 is 0.881 bits per heavy atom. The van der Waals surface area contributed by atoms with Crippen molar-refractivity contribution in [2.24, 2.45) is 0 Å². The van der Waals surface area contributed by atoms with Crippen molar-refractivity contribution in [3.8, 4) is 5.75 Å². The average molecular weight is 574 g/mol. The van der Waals surface area contributed by atoms with Crippen LogP contribution in [-0.2, 0) is 19.7 Å². The second-order valence-corrected chi connectivity index (χ2v) is 9.97. The van der Waals surface area contributed by atoms with Gasteiger partial charge in [-0.1, -0.05) is 72.8 Å². The van der Waals surface area contributed by atoms with E-state index in [4.69, 9.17) is 18.9 Å². The molecule has 220 valence electrons. The van der Waals surface area contributed by atoms with Gasteiger partial charge in [-0.05, 0) is 28.8 Å². The summed E-state index contributed by atoms with van der Waals surface area (Å²) < 4.78 is 24.6. The molecule has 1 fully saturated rings. The van der Waals surface area contributed by atoms with Gasteiger partial charge in [-0.2, -0.15) is 0 Å². The fourth-order valence-electron chi connectivity index (χ4n) is 5.58. The molecular formula is C32H35N3O7. The smallest absolute Gasteiger partial charge is 0.330 e. The molecule has 1 aliphatic heterocycles. The first-order chi connectivity index (χ1) is 20.5. The third kappa shape index (κ3) is 5.80. The molecule has 4 atom stereocenters. The maximum Gasteiger partial charge on any atom is 0.330 e. The second-order valence-electron chi connectivity index (χ2n) is 9.97. The number of methoxy groups -OCH3 is 2. The predicted octanol–water partition coefficient (Wildman–Crippen LogP) is 2.42. The zero-order chi connectivity index (χ0) is 29.5. The van der Waals surface area contributed by atoms with Gasteiger partial charge in [-0.15, -0.1) is 0 Å². The van der Waals surface area contributed by atoms with E-state index in [1.165, 1.54) is 16.8 Å². The maximum atomic E-state index is 12.9. The second kappa shape index (κ2) is 13.3. The molecule has 3 N–H and O–H groups in total. The summed E-state index contributed by atoms with van der Waals surface area (Å²) in [7, 11) is 3.20. The van der Waals surface area contributed by atoms with Crippen molar-refractivity contribution < 1.29 is 24.1 Å². The number of aromatic amines is 1. The molecular weight excluding hydrogens is 538 g/mol. The lowest BCUT2D eigenvalue weighted by Crippen LogP contribution is -2.57. The quantitative estimate of drug-likeness (QED) is 0.174. The Kier molecular flexibility index (Phi) is 9.31. The SMILES string of the molecule is COCCO[C@@H]1[C@H](NC(c2ccccc2)(c2ccccc2)c2ccc(OC)cc2)[C@@H](CO)O[C@H]1n1ccc(=O)[nH]c1=O. The Balaban J connectivity index is 1.69. The standard InChI is InChI=1S/C32H35N3O7/c1-39-19-20-41-29-28(26(21-36)42-30(29)35-18-17-27(37)33-31(35)38)34-32(22-9-5-3-6-10-22,23-11-7-4-8-12-23)24-13-15-25(40-2)16-14-24/h3-18,26,28-30,34,36H,19-21H2,1-2H3,(H,33,37,38)/t26-,28-,29-,30-/m1/s1. The number of hydrogen-bond acceptors (Lipinski definition) is 8. The molecule has 0 bridgehead atoms. The van der Waals surface area contributed by atoms with E-state index in [2.05, 4.69) is 10.3 Å². The summed E-state index contributed by atoms with van der Waals surface area (Å²) >= 11 is 0.